The number of carbonyl (C=O) groups is 1. The summed E-state index contributed by atoms with van der Waals surface area (Å²) in [5.74, 6) is 2.01. The lowest BCUT2D eigenvalue weighted by atomic mass is 10.1. The molecule has 1 aliphatic rings. The molecule has 0 unspecified atom stereocenters. The molecule has 7 heteroatoms. The molecule has 2 aromatic rings. The molecule has 0 radical (unpaired) electrons. The van der Waals surface area contributed by atoms with Gasteiger partial charge in [-0.1, -0.05) is 13.8 Å². The van der Waals surface area contributed by atoms with Crippen LogP contribution in [0.15, 0.2) is 4.79 Å². The van der Waals surface area contributed by atoms with Crippen LogP contribution in [-0.4, -0.2) is 27.7 Å². The normalized spacial score (nSPS) is 15.0. The fourth-order valence-corrected chi connectivity index (χ4v) is 4.80. The number of thiophene rings is 1. The third-order valence-electron chi connectivity index (χ3n) is 4.48. The van der Waals surface area contributed by atoms with Crippen molar-refractivity contribution in [3.63, 3.8) is 0 Å². The number of aromatic amines is 1. The molecule has 130 valence electrons. The van der Waals surface area contributed by atoms with Crippen molar-refractivity contribution in [1.82, 2.24) is 15.3 Å². The van der Waals surface area contributed by atoms with Crippen molar-refractivity contribution in [1.29, 1.82) is 0 Å². The Morgan fingerprint density at radius 2 is 2.17 bits per heavy atom. The lowest BCUT2D eigenvalue weighted by molar-refractivity contribution is -0.119. The van der Waals surface area contributed by atoms with Crippen LogP contribution in [0.1, 0.15) is 43.5 Å². The number of amides is 1. The highest BCUT2D eigenvalue weighted by molar-refractivity contribution is 7.99. The molecule has 0 fully saturated rings. The first-order valence-electron chi connectivity index (χ1n) is 8.36. The van der Waals surface area contributed by atoms with Crippen LogP contribution in [0.3, 0.4) is 0 Å². The molecular formula is C17H23N3O2S2. The summed E-state index contributed by atoms with van der Waals surface area (Å²) < 4.78 is 0. The maximum Gasteiger partial charge on any atom is 0.259 e. The number of carbonyl (C=O) groups excluding carboxylic acids is 1. The van der Waals surface area contributed by atoms with Gasteiger partial charge in [0, 0.05) is 10.9 Å². The number of nitrogens with zero attached hydrogens (tertiary/aromatic N) is 1. The van der Waals surface area contributed by atoms with Crippen LogP contribution < -0.4 is 10.9 Å². The largest absolute Gasteiger partial charge is 0.353 e. The third kappa shape index (κ3) is 3.67. The third-order valence-corrected chi connectivity index (χ3v) is 6.61. The van der Waals surface area contributed by atoms with Crippen molar-refractivity contribution >= 4 is 39.2 Å². The zero-order valence-electron chi connectivity index (χ0n) is 14.3. The summed E-state index contributed by atoms with van der Waals surface area (Å²) >= 11 is 3.12. The molecule has 0 saturated heterocycles. The second-order valence-corrected chi connectivity index (χ2v) is 8.71. The van der Waals surface area contributed by atoms with E-state index in [1.165, 1.54) is 22.2 Å². The molecule has 3 rings (SSSR count). The Balaban J connectivity index is 1.62. The second-order valence-electron chi connectivity index (χ2n) is 6.64. The molecule has 5 nitrogen and oxygen atoms in total. The van der Waals surface area contributed by atoms with Crippen LogP contribution >= 0.6 is 23.1 Å². The van der Waals surface area contributed by atoms with Crippen molar-refractivity contribution < 1.29 is 4.79 Å². The molecule has 2 aromatic heterocycles. The Labute approximate surface area is 149 Å². The van der Waals surface area contributed by atoms with Crippen LogP contribution in [0.5, 0.6) is 0 Å². The Bertz CT molecular complexity index is 810. The first-order chi connectivity index (χ1) is 11.5. The Morgan fingerprint density at radius 1 is 1.38 bits per heavy atom. The second kappa shape index (κ2) is 7.27. The maximum atomic E-state index is 12.4. The van der Waals surface area contributed by atoms with E-state index in [0.717, 1.165) is 29.5 Å². The molecule has 1 aliphatic carbocycles. The standard InChI is InChI=1S/C17H23N3O2S2/c1-9(2)10(3)18-14(21)8-23-7-13-19-16(22)15-11-5-4-6-12(11)24-17(15)20-13/h9-10H,4-8H2,1-3H3,(H,18,21)(H,19,20,22)/t10-/m0/s1. The summed E-state index contributed by atoms with van der Waals surface area (Å²) in [6.45, 7) is 6.18. The smallest absolute Gasteiger partial charge is 0.259 e. The maximum absolute atomic E-state index is 12.4. The van der Waals surface area contributed by atoms with Gasteiger partial charge in [0.15, 0.2) is 0 Å². The fraction of sp³-hybridized carbons (Fsp3) is 0.588. The van der Waals surface area contributed by atoms with E-state index < -0.39 is 0 Å². The van der Waals surface area contributed by atoms with Gasteiger partial charge in [-0.3, -0.25) is 9.59 Å². The van der Waals surface area contributed by atoms with Gasteiger partial charge in [-0.2, -0.15) is 0 Å². The highest BCUT2D eigenvalue weighted by Gasteiger charge is 2.21. The van der Waals surface area contributed by atoms with E-state index in [1.807, 2.05) is 6.92 Å². The van der Waals surface area contributed by atoms with Gasteiger partial charge < -0.3 is 10.3 Å². The van der Waals surface area contributed by atoms with E-state index in [9.17, 15) is 9.59 Å². The summed E-state index contributed by atoms with van der Waals surface area (Å²) in [5.41, 5.74) is 1.16. The SMILES string of the molecule is CC(C)[C@H](C)NC(=O)CSCc1nc2sc3c(c2c(=O)[nH]1)CCC3. The Morgan fingerprint density at radius 3 is 2.92 bits per heavy atom. The highest BCUT2D eigenvalue weighted by atomic mass is 32.2. The van der Waals surface area contributed by atoms with Gasteiger partial charge in [0.25, 0.3) is 5.56 Å². The van der Waals surface area contributed by atoms with Crippen molar-refractivity contribution in [3.8, 4) is 0 Å². The van der Waals surface area contributed by atoms with E-state index in [4.69, 9.17) is 0 Å². The van der Waals surface area contributed by atoms with Crippen LogP contribution in [0.25, 0.3) is 10.2 Å². The van der Waals surface area contributed by atoms with Gasteiger partial charge in [-0.25, -0.2) is 4.98 Å². The number of nitrogens with one attached hydrogen (secondary N) is 2. The molecule has 1 amide bonds. The van der Waals surface area contributed by atoms with Crippen molar-refractivity contribution in [3.05, 3.63) is 26.6 Å². The summed E-state index contributed by atoms with van der Waals surface area (Å²) in [4.78, 5) is 33.9. The number of H-pyrrole nitrogens is 1. The first-order valence-corrected chi connectivity index (χ1v) is 10.3. The molecular weight excluding hydrogens is 342 g/mol. The van der Waals surface area contributed by atoms with Crippen molar-refractivity contribution in [2.75, 3.05) is 5.75 Å². The van der Waals surface area contributed by atoms with E-state index in [2.05, 4.69) is 29.1 Å². The molecule has 0 spiro atoms. The zero-order valence-corrected chi connectivity index (χ0v) is 15.9. The number of aryl methyl sites for hydroxylation is 2. The number of hydrogen-bond donors (Lipinski definition) is 2. The number of hydrogen-bond acceptors (Lipinski definition) is 5. The average molecular weight is 366 g/mol. The minimum absolute atomic E-state index is 0.0275. The summed E-state index contributed by atoms with van der Waals surface area (Å²) in [6, 6.07) is 0.167. The lowest BCUT2D eigenvalue weighted by Crippen LogP contribution is -2.37. The van der Waals surface area contributed by atoms with E-state index in [0.29, 0.717) is 23.2 Å². The van der Waals surface area contributed by atoms with E-state index in [1.54, 1.807) is 11.3 Å². The minimum Gasteiger partial charge on any atom is -0.353 e. The molecule has 2 N–H and O–H groups in total. The highest BCUT2D eigenvalue weighted by Crippen LogP contribution is 2.34. The molecule has 0 aliphatic heterocycles. The topological polar surface area (TPSA) is 74.8 Å². The fourth-order valence-electron chi connectivity index (χ4n) is 2.82. The zero-order chi connectivity index (χ0) is 17.3. The first kappa shape index (κ1) is 17.5. The average Bonchev–Trinajstić information content (AvgIpc) is 3.07. The van der Waals surface area contributed by atoms with Gasteiger partial charge in [0.1, 0.15) is 10.7 Å². The van der Waals surface area contributed by atoms with Gasteiger partial charge >= 0.3 is 0 Å². The molecule has 0 saturated carbocycles. The van der Waals surface area contributed by atoms with Crippen molar-refractivity contribution in [2.45, 2.75) is 51.8 Å². The van der Waals surface area contributed by atoms with E-state index in [-0.39, 0.29) is 17.5 Å². The van der Waals surface area contributed by atoms with Crippen molar-refractivity contribution in [2.24, 2.45) is 5.92 Å². The summed E-state index contributed by atoms with van der Waals surface area (Å²) in [5, 5.41) is 3.76. The monoisotopic (exact) mass is 365 g/mol. The number of rotatable bonds is 6. The minimum atomic E-state index is -0.0344. The van der Waals surface area contributed by atoms with Gasteiger partial charge in [-0.05, 0) is 37.7 Å². The van der Waals surface area contributed by atoms with Gasteiger partial charge in [-0.15, -0.1) is 23.1 Å². The molecule has 0 aromatic carbocycles. The lowest BCUT2D eigenvalue weighted by Gasteiger charge is -2.17. The molecule has 0 bridgehead atoms. The number of thioether (sulfide) groups is 1. The quantitative estimate of drug-likeness (QED) is 0.825. The van der Waals surface area contributed by atoms with Gasteiger partial charge in [0.2, 0.25) is 5.91 Å². The Hall–Kier alpha value is -1.34. The number of fused-ring (bicyclic) bond motifs is 3. The predicted octanol–water partition coefficient (Wildman–Crippen LogP) is 2.87. The predicted molar refractivity (Wildman–Crippen MR) is 101 cm³/mol. The van der Waals surface area contributed by atoms with E-state index >= 15 is 0 Å². The van der Waals surface area contributed by atoms with Crippen LogP contribution in [0.4, 0.5) is 0 Å². The van der Waals surface area contributed by atoms with Crippen LogP contribution in [0.2, 0.25) is 0 Å². The summed E-state index contributed by atoms with van der Waals surface area (Å²) in [7, 11) is 0. The van der Waals surface area contributed by atoms with Crippen LogP contribution in [-0.2, 0) is 23.4 Å². The summed E-state index contributed by atoms with van der Waals surface area (Å²) in [6.07, 6.45) is 3.19. The molecule has 1 atom stereocenters. The number of aromatic nitrogens is 2. The molecule has 2 heterocycles. The Kier molecular flexibility index (Phi) is 5.30. The van der Waals surface area contributed by atoms with Gasteiger partial charge in [0.05, 0.1) is 16.9 Å². The molecule has 24 heavy (non-hydrogen) atoms. The van der Waals surface area contributed by atoms with Crippen LogP contribution in [0, 0.1) is 5.92 Å².